The van der Waals surface area contributed by atoms with Gasteiger partial charge < -0.3 is 14.4 Å². The van der Waals surface area contributed by atoms with E-state index in [9.17, 15) is 9.59 Å². The SMILES string of the molecule is Cc1nc(CCN(C)C(=O)c2cnc(-c3ccccc3)[nH]c2=O)no1. The van der Waals surface area contributed by atoms with E-state index in [0.29, 0.717) is 30.5 Å². The highest BCUT2D eigenvalue weighted by Gasteiger charge is 2.17. The molecule has 0 saturated heterocycles. The van der Waals surface area contributed by atoms with Crippen LogP contribution in [0.2, 0.25) is 0 Å². The van der Waals surface area contributed by atoms with Crippen molar-refractivity contribution in [3.05, 3.63) is 64.2 Å². The summed E-state index contributed by atoms with van der Waals surface area (Å²) in [5.74, 6) is 1.00. The number of rotatable bonds is 5. The van der Waals surface area contributed by atoms with E-state index in [-0.39, 0.29) is 5.56 Å². The zero-order valence-electron chi connectivity index (χ0n) is 13.9. The molecule has 0 atom stereocenters. The van der Waals surface area contributed by atoms with E-state index in [1.54, 1.807) is 14.0 Å². The Morgan fingerprint density at radius 3 is 2.68 bits per heavy atom. The quantitative estimate of drug-likeness (QED) is 0.754. The summed E-state index contributed by atoms with van der Waals surface area (Å²) < 4.78 is 4.89. The van der Waals surface area contributed by atoms with Gasteiger partial charge in [0.15, 0.2) is 5.82 Å². The number of hydrogen-bond acceptors (Lipinski definition) is 6. The van der Waals surface area contributed by atoms with Crippen molar-refractivity contribution in [3.63, 3.8) is 0 Å². The zero-order valence-corrected chi connectivity index (χ0v) is 13.9. The topological polar surface area (TPSA) is 105 Å². The van der Waals surface area contributed by atoms with Crippen molar-refractivity contribution < 1.29 is 9.32 Å². The number of carbonyl (C=O) groups excluding carboxylic acids is 1. The number of H-pyrrole nitrogens is 1. The molecule has 3 rings (SSSR count). The summed E-state index contributed by atoms with van der Waals surface area (Å²) >= 11 is 0. The van der Waals surface area contributed by atoms with Crippen LogP contribution >= 0.6 is 0 Å². The summed E-state index contributed by atoms with van der Waals surface area (Å²) in [6.07, 6.45) is 1.74. The lowest BCUT2D eigenvalue weighted by atomic mass is 10.2. The molecule has 8 nitrogen and oxygen atoms in total. The number of aryl methyl sites for hydroxylation is 1. The third kappa shape index (κ3) is 3.79. The summed E-state index contributed by atoms with van der Waals surface area (Å²) in [5, 5.41) is 3.78. The molecule has 25 heavy (non-hydrogen) atoms. The number of carbonyl (C=O) groups is 1. The lowest BCUT2D eigenvalue weighted by Gasteiger charge is -2.15. The Morgan fingerprint density at radius 1 is 1.28 bits per heavy atom. The van der Waals surface area contributed by atoms with Crippen molar-refractivity contribution in [2.24, 2.45) is 0 Å². The Hall–Kier alpha value is -3.29. The molecule has 0 spiro atoms. The van der Waals surface area contributed by atoms with Gasteiger partial charge in [-0.25, -0.2) is 4.98 Å². The molecule has 1 amide bonds. The maximum Gasteiger partial charge on any atom is 0.264 e. The van der Waals surface area contributed by atoms with Crippen LogP contribution in [0, 0.1) is 6.92 Å². The average molecular weight is 339 g/mol. The lowest BCUT2D eigenvalue weighted by molar-refractivity contribution is 0.0793. The minimum atomic E-state index is -0.471. The maximum atomic E-state index is 12.4. The molecule has 8 heteroatoms. The third-order valence-corrected chi connectivity index (χ3v) is 3.66. The Balaban J connectivity index is 1.72. The molecule has 2 heterocycles. The third-order valence-electron chi connectivity index (χ3n) is 3.66. The number of benzene rings is 1. The molecule has 128 valence electrons. The number of likely N-dealkylation sites (N-methyl/N-ethyl adjacent to an activating group) is 1. The second-order valence-electron chi connectivity index (χ2n) is 5.55. The van der Waals surface area contributed by atoms with Gasteiger partial charge >= 0.3 is 0 Å². The highest BCUT2D eigenvalue weighted by atomic mass is 16.5. The number of aromatic amines is 1. The van der Waals surface area contributed by atoms with E-state index in [4.69, 9.17) is 4.52 Å². The number of aromatic nitrogens is 4. The second-order valence-corrected chi connectivity index (χ2v) is 5.55. The molecule has 0 bridgehead atoms. The first-order chi connectivity index (χ1) is 12.0. The van der Waals surface area contributed by atoms with Crippen LogP contribution < -0.4 is 5.56 Å². The average Bonchev–Trinajstić information content (AvgIpc) is 3.05. The van der Waals surface area contributed by atoms with Gasteiger partial charge in [0.2, 0.25) is 5.89 Å². The molecule has 0 saturated carbocycles. The number of amides is 1. The van der Waals surface area contributed by atoms with E-state index < -0.39 is 11.5 Å². The normalized spacial score (nSPS) is 10.6. The van der Waals surface area contributed by atoms with Crippen LogP contribution in [-0.2, 0) is 6.42 Å². The first-order valence-corrected chi connectivity index (χ1v) is 7.74. The van der Waals surface area contributed by atoms with Gasteiger partial charge in [-0.15, -0.1) is 0 Å². The predicted molar refractivity (Wildman–Crippen MR) is 90.0 cm³/mol. The van der Waals surface area contributed by atoms with Crippen LogP contribution in [0.5, 0.6) is 0 Å². The van der Waals surface area contributed by atoms with Crippen LogP contribution in [-0.4, -0.2) is 44.5 Å². The van der Waals surface area contributed by atoms with E-state index in [1.165, 1.54) is 11.1 Å². The highest BCUT2D eigenvalue weighted by molar-refractivity contribution is 5.93. The molecular formula is C17H17N5O3. The Labute approximate surface area is 143 Å². The minimum absolute atomic E-state index is 0.00789. The molecule has 0 radical (unpaired) electrons. The molecular weight excluding hydrogens is 322 g/mol. The van der Waals surface area contributed by atoms with Crippen molar-refractivity contribution in [2.45, 2.75) is 13.3 Å². The van der Waals surface area contributed by atoms with Gasteiger partial charge in [0, 0.05) is 38.7 Å². The minimum Gasteiger partial charge on any atom is -0.341 e. The fourth-order valence-electron chi connectivity index (χ4n) is 2.31. The largest absolute Gasteiger partial charge is 0.341 e. The molecule has 0 aliphatic heterocycles. The first-order valence-electron chi connectivity index (χ1n) is 7.74. The lowest BCUT2D eigenvalue weighted by Crippen LogP contribution is -2.33. The van der Waals surface area contributed by atoms with Crippen molar-refractivity contribution in [3.8, 4) is 11.4 Å². The van der Waals surface area contributed by atoms with E-state index in [0.717, 1.165) is 5.56 Å². The van der Waals surface area contributed by atoms with Gasteiger partial charge in [-0.2, -0.15) is 4.98 Å². The van der Waals surface area contributed by atoms with Gasteiger partial charge in [0.05, 0.1) is 0 Å². The highest BCUT2D eigenvalue weighted by Crippen LogP contribution is 2.12. The van der Waals surface area contributed by atoms with Crippen LogP contribution in [0.1, 0.15) is 22.1 Å². The summed E-state index contributed by atoms with van der Waals surface area (Å²) in [6, 6.07) is 9.24. The monoisotopic (exact) mass is 339 g/mol. The number of hydrogen-bond donors (Lipinski definition) is 1. The molecule has 0 fully saturated rings. The molecule has 3 aromatic rings. The zero-order chi connectivity index (χ0) is 17.8. The first kappa shape index (κ1) is 16.6. The Kier molecular flexibility index (Phi) is 4.69. The van der Waals surface area contributed by atoms with Crippen LogP contribution in [0.15, 0.2) is 45.8 Å². The second kappa shape index (κ2) is 7.08. The summed E-state index contributed by atoms with van der Waals surface area (Å²) in [4.78, 5) is 37.1. The van der Waals surface area contributed by atoms with Gasteiger partial charge in [0.1, 0.15) is 11.4 Å². The van der Waals surface area contributed by atoms with Crippen LogP contribution in [0.4, 0.5) is 0 Å². The van der Waals surface area contributed by atoms with Crippen molar-refractivity contribution in [1.82, 2.24) is 25.0 Å². The number of nitrogens with one attached hydrogen (secondary N) is 1. The summed E-state index contributed by atoms with van der Waals surface area (Å²) in [7, 11) is 1.61. The molecule has 2 aromatic heterocycles. The predicted octanol–water partition coefficient (Wildman–Crippen LogP) is 1.44. The fourth-order valence-corrected chi connectivity index (χ4v) is 2.31. The van der Waals surface area contributed by atoms with Gasteiger partial charge in [-0.1, -0.05) is 35.5 Å². The van der Waals surface area contributed by atoms with Crippen molar-refractivity contribution in [2.75, 3.05) is 13.6 Å². The van der Waals surface area contributed by atoms with Crippen LogP contribution in [0.3, 0.4) is 0 Å². The molecule has 0 unspecified atom stereocenters. The van der Waals surface area contributed by atoms with Gasteiger partial charge in [-0.3, -0.25) is 9.59 Å². The van der Waals surface area contributed by atoms with Crippen molar-refractivity contribution in [1.29, 1.82) is 0 Å². The molecule has 0 aliphatic carbocycles. The molecule has 1 N–H and O–H groups in total. The smallest absolute Gasteiger partial charge is 0.264 e. The number of nitrogens with zero attached hydrogens (tertiary/aromatic N) is 4. The van der Waals surface area contributed by atoms with E-state index >= 15 is 0 Å². The summed E-state index contributed by atoms with van der Waals surface area (Å²) in [6.45, 7) is 2.06. The fraction of sp³-hybridized carbons (Fsp3) is 0.235. The van der Waals surface area contributed by atoms with Gasteiger partial charge in [0.25, 0.3) is 11.5 Å². The Morgan fingerprint density at radius 2 is 2.04 bits per heavy atom. The standard InChI is InChI=1S/C17H17N5O3/c1-11-19-14(21-25-11)8-9-22(2)17(24)13-10-18-15(20-16(13)23)12-6-4-3-5-7-12/h3-7,10H,8-9H2,1-2H3,(H,18,20,23). The van der Waals surface area contributed by atoms with Gasteiger partial charge in [-0.05, 0) is 0 Å². The maximum absolute atomic E-state index is 12.4. The summed E-state index contributed by atoms with van der Waals surface area (Å²) in [5.41, 5.74) is 0.298. The van der Waals surface area contributed by atoms with E-state index in [1.807, 2.05) is 30.3 Å². The molecule has 1 aromatic carbocycles. The molecule has 0 aliphatic rings. The van der Waals surface area contributed by atoms with Crippen LogP contribution in [0.25, 0.3) is 11.4 Å². The van der Waals surface area contributed by atoms with E-state index in [2.05, 4.69) is 20.1 Å². The van der Waals surface area contributed by atoms with Crippen molar-refractivity contribution >= 4 is 5.91 Å². The Bertz CT molecular complexity index is 933.